The van der Waals surface area contributed by atoms with Crippen LogP contribution in [0.25, 0.3) is 0 Å². The number of hydrogen-bond donors (Lipinski definition) is 1. The molecule has 1 aromatic carbocycles. The second-order valence-electron chi connectivity index (χ2n) is 3.83. The zero-order valence-electron chi connectivity index (χ0n) is 10.2. The van der Waals surface area contributed by atoms with Crippen molar-refractivity contribution in [1.29, 1.82) is 0 Å². The second-order valence-corrected chi connectivity index (χ2v) is 4.94. The fourth-order valence-corrected chi connectivity index (χ4v) is 2.26. The third-order valence-electron chi connectivity index (χ3n) is 2.45. The van der Waals surface area contributed by atoms with Gasteiger partial charge in [-0.2, -0.15) is 11.8 Å². The number of ether oxygens (including phenoxy) is 1. The molecule has 0 unspecified atom stereocenters. The van der Waals surface area contributed by atoms with Crippen molar-refractivity contribution in [3.05, 3.63) is 54.0 Å². The van der Waals surface area contributed by atoms with E-state index < -0.39 is 0 Å². The number of benzene rings is 1. The number of thioether (sulfide) groups is 1. The Labute approximate surface area is 111 Å². The van der Waals surface area contributed by atoms with Crippen LogP contribution in [0, 0.1) is 0 Å². The van der Waals surface area contributed by atoms with Crippen molar-refractivity contribution in [2.45, 2.75) is 12.3 Å². The molecule has 2 rings (SSSR count). The average Bonchev–Trinajstić information content (AvgIpc) is 2.92. The predicted molar refractivity (Wildman–Crippen MR) is 74.7 cm³/mol. The summed E-state index contributed by atoms with van der Waals surface area (Å²) in [5, 5.41) is 0. The Bertz CT molecular complexity index is 457. The molecule has 0 saturated heterocycles. The average molecular weight is 263 g/mol. The van der Waals surface area contributed by atoms with Crippen molar-refractivity contribution in [3.63, 3.8) is 0 Å². The molecule has 0 atom stereocenters. The highest BCUT2D eigenvalue weighted by molar-refractivity contribution is 7.98. The van der Waals surface area contributed by atoms with Crippen LogP contribution < -0.4 is 10.5 Å². The molecule has 0 amide bonds. The molecule has 1 heterocycles. The summed E-state index contributed by atoms with van der Waals surface area (Å²) in [5.74, 6) is 3.72. The van der Waals surface area contributed by atoms with E-state index in [0.717, 1.165) is 28.6 Å². The molecule has 0 fully saturated rings. The van der Waals surface area contributed by atoms with E-state index in [2.05, 4.69) is 0 Å². The van der Waals surface area contributed by atoms with Crippen molar-refractivity contribution < 1.29 is 9.15 Å². The Morgan fingerprint density at radius 3 is 2.94 bits per heavy atom. The van der Waals surface area contributed by atoms with Crippen LogP contribution in [-0.4, -0.2) is 12.4 Å². The summed E-state index contributed by atoms with van der Waals surface area (Å²) in [6.07, 6.45) is 1.70. The monoisotopic (exact) mass is 263 g/mol. The molecule has 2 aromatic rings. The third kappa shape index (κ3) is 4.13. The first-order valence-corrected chi connectivity index (χ1v) is 7.06. The van der Waals surface area contributed by atoms with Crippen molar-refractivity contribution in [2.75, 3.05) is 12.4 Å². The van der Waals surface area contributed by atoms with Crippen LogP contribution in [0.5, 0.6) is 5.75 Å². The zero-order chi connectivity index (χ0) is 12.6. The molecular formula is C14H17NO2S. The van der Waals surface area contributed by atoms with Gasteiger partial charge in [-0.05, 0) is 29.8 Å². The van der Waals surface area contributed by atoms with E-state index in [1.54, 1.807) is 18.0 Å². The Morgan fingerprint density at radius 2 is 2.17 bits per heavy atom. The molecule has 0 aliphatic carbocycles. The lowest BCUT2D eigenvalue weighted by molar-refractivity contribution is 0.343. The van der Waals surface area contributed by atoms with E-state index in [4.69, 9.17) is 14.9 Å². The molecule has 18 heavy (non-hydrogen) atoms. The van der Waals surface area contributed by atoms with E-state index in [1.165, 1.54) is 0 Å². The summed E-state index contributed by atoms with van der Waals surface area (Å²) in [7, 11) is 0. The predicted octanol–water partition coefficient (Wildman–Crippen LogP) is 3.05. The fraction of sp³-hybridized carbons (Fsp3) is 0.286. The van der Waals surface area contributed by atoms with Gasteiger partial charge in [-0.3, -0.25) is 0 Å². The molecule has 0 aliphatic heterocycles. The quantitative estimate of drug-likeness (QED) is 0.780. The smallest absolute Gasteiger partial charge is 0.119 e. The standard InChI is InChI=1S/C14H17NO2S/c15-10-12-3-1-4-13(9-12)17-7-8-18-11-14-5-2-6-16-14/h1-6,9H,7-8,10-11,15H2. The van der Waals surface area contributed by atoms with Gasteiger partial charge in [-0.1, -0.05) is 12.1 Å². The van der Waals surface area contributed by atoms with Crippen LogP contribution in [0.1, 0.15) is 11.3 Å². The highest BCUT2D eigenvalue weighted by Crippen LogP contribution is 2.15. The SMILES string of the molecule is NCc1cccc(OCCSCc2ccco2)c1. The third-order valence-corrected chi connectivity index (χ3v) is 3.40. The first-order chi connectivity index (χ1) is 8.88. The van der Waals surface area contributed by atoms with Gasteiger partial charge in [-0.15, -0.1) is 0 Å². The van der Waals surface area contributed by atoms with Crippen LogP contribution in [0.4, 0.5) is 0 Å². The zero-order valence-corrected chi connectivity index (χ0v) is 11.0. The topological polar surface area (TPSA) is 48.4 Å². The minimum atomic E-state index is 0.546. The van der Waals surface area contributed by atoms with Crippen molar-refractivity contribution in [1.82, 2.24) is 0 Å². The van der Waals surface area contributed by atoms with Crippen molar-refractivity contribution in [2.24, 2.45) is 5.73 Å². The molecule has 0 aliphatic rings. The Kier molecular flexibility index (Phi) is 5.17. The minimum Gasteiger partial charge on any atom is -0.493 e. The first kappa shape index (κ1) is 13.1. The number of hydrogen-bond acceptors (Lipinski definition) is 4. The van der Waals surface area contributed by atoms with Gasteiger partial charge in [0.1, 0.15) is 11.5 Å². The van der Waals surface area contributed by atoms with Crippen LogP contribution >= 0.6 is 11.8 Å². The molecule has 0 bridgehead atoms. The second kappa shape index (κ2) is 7.13. The van der Waals surface area contributed by atoms with Gasteiger partial charge in [0.2, 0.25) is 0 Å². The van der Waals surface area contributed by atoms with Crippen LogP contribution in [0.2, 0.25) is 0 Å². The summed E-state index contributed by atoms with van der Waals surface area (Å²) >= 11 is 1.80. The number of furan rings is 1. The minimum absolute atomic E-state index is 0.546. The normalized spacial score (nSPS) is 10.5. The van der Waals surface area contributed by atoms with Crippen molar-refractivity contribution >= 4 is 11.8 Å². The van der Waals surface area contributed by atoms with E-state index in [1.807, 2.05) is 36.4 Å². The van der Waals surface area contributed by atoms with Gasteiger partial charge in [0, 0.05) is 12.3 Å². The maximum Gasteiger partial charge on any atom is 0.119 e. The maximum atomic E-state index is 5.66. The lowest BCUT2D eigenvalue weighted by Crippen LogP contribution is -2.02. The molecule has 4 heteroatoms. The van der Waals surface area contributed by atoms with E-state index in [-0.39, 0.29) is 0 Å². The first-order valence-electron chi connectivity index (χ1n) is 5.90. The maximum absolute atomic E-state index is 5.66. The van der Waals surface area contributed by atoms with Crippen LogP contribution in [0.3, 0.4) is 0 Å². The Hall–Kier alpha value is -1.39. The summed E-state index contributed by atoms with van der Waals surface area (Å²) < 4.78 is 10.9. The Balaban J connectivity index is 1.65. The largest absolute Gasteiger partial charge is 0.493 e. The Morgan fingerprint density at radius 1 is 1.22 bits per heavy atom. The van der Waals surface area contributed by atoms with Gasteiger partial charge in [0.15, 0.2) is 0 Å². The summed E-state index contributed by atoms with van der Waals surface area (Å²) in [6, 6.07) is 11.8. The van der Waals surface area contributed by atoms with Gasteiger partial charge >= 0.3 is 0 Å². The van der Waals surface area contributed by atoms with E-state index in [9.17, 15) is 0 Å². The molecule has 0 radical (unpaired) electrons. The summed E-state index contributed by atoms with van der Waals surface area (Å²) in [6.45, 7) is 1.24. The highest BCUT2D eigenvalue weighted by Gasteiger charge is 1.98. The fourth-order valence-electron chi connectivity index (χ4n) is 1.55. The lowest BCUT2D eigenvalue weighted by atomic mass is 10.2. The van der Waals surface area contributed by atoms with Gasteiger partial charge < -0.3 is 14.9 Å². The van der Waals surface area contributed by atoms with Crippen LogP contribution in [0.15, 0.2) is 47.1 Å². The number of rotatable bonds is 7. The number of nitrogens with two attached hydrogens (primary N) is 1. The molecule has 96 valence electrons. The molecule has 1 aromatic heterocycles. The molecule has 2 N–H and O–H groups in total. The molecule has 0 saturated carbocycles. The molecule has 0 spiro atoms. The van der Waals surface area contributed by atoms with E-state index in [0.29, 0.717) is 13.2 Å². The summed E-state index contributed by atoms with van der Waals surface area (Å²) in [4.78, 5) is 0. The van der Waals surface area contributed by atoms with Crippen molar-refractivity contribution in [3.8, 4) is 5.75 Å². The molecular weight excluding hydrogens is 246 g/mol. The lowest BCUT2D eigenvalue weighted by Gasteiger charge is -2.06. The van der Waals surface area contributed by atoms with Gasteiger partial charge in [0.25, 0.3) is 0 Å². The van der Waals surface area contributed by atoms with Crippen LogP contribution in [-0.2, 0) is 12.3 Å². The molecule has 3 nitrogen and oxygen atoms in total. The highest BCUT2D eigenvalue weighted by atomic mass is 32.2. The van der Waals surface area contributed by atoms with Gasteiger partial charge in [-0.25, -0.2) is 0 Å². The van der Waals surface area contributed by atoms with E-state index >= 15 is 0 Å². The van der Waals surface area contributed by atoms with Gasteiger partial charge in [0.05, 0.1) is 18.6 Å². The summed E-state index contributed by atoms with van der Waals surface area (Å²) in [5.41, 5.74) is 6.67.